The number of rotatable bonds is 11. The average Bonchev–Trinajstić information content (AvgIpc) is 2.75. The first-order valence-corrected chi connectivity index (χ1v) is 13.9. The molecule has 1 N–H and O–H groups in total. The maximum Gasteiger partial charge on any atom is 0.244 e. The first-order valence-electron chi connectivity index (χ1n) is 10.9. The minimum absolute atomic E-state index is 0.211. The monoisotopic (exact) mass is 585 g/mol. The molecular formula is C24H32IN3O4S. The summed E-state index contributed by atoms with van der Waals surface area (Å²) in [5, 5.41) is 2.87. The maximum atomic E-state index is 13.5. The standard InChI is InChI=1S/C24H32IN3O4S/c1-5-14-26-24(30)22(6-2)27(16-19-9-7-8-18(3)15-19)23(29)17-28(33(4,31)32)21-12-10-20(25)11-13-21/h7-13,15,22H,5-6,14,16-17H2,1-4H3,(H,26,30)/t22-/m1/s1. The highest BCUT2D eigenvalue weighted by atomic mass is 127. The minimum Gasteiger partial charge on any atom is -0.354 e. The van der Waals surface area contributed by atoms with E-state index in [2.05, 4.69) is 27.9 Å². The van der Waals surface area contributed by atoms with Gasteiger partial charge in [-0.05, 0) is 72.2 Å². The third kappa shape index (κ3) is 7.99. The van der Waals surface area contributed by atoms with Gasteiger partial charge in [0.05, 0.1) is 11.9 Å². The molecule has 0 aliphatic rings. The van der Waals surface area contributed by atoms with E-state index in [1.165, 1.54) is 4.90 Å². The molecule has 33 heavy (non-hydrogen) atoms. The molecule has 1 atom stereocenters. The van der Waals surface area contributed by atoms with E-state index < -0.39 is 22.0 Å². The summed E-state index contributed by atoms with van der Waals surface area (Å²) in [7, 11) is -3.72. The maximum absolute atomic E-state index is 13.5. The van der Waals surface area contributed by atoms with Crippen LogP contribution in [0.3, 0.4) is 0 Å². The van der Waals surface area contributed by atoms with Gasteiger partial charge in [-0.1, -0.05) is 43.7 Å². The molecular weight excluding hydrogens is 553 g/mol. The van der Waals surface area contributed by atoms with Crippen molar-refractivity contribution in [1.82, 2.24) is 10.2 Å². The molecule has 0 aliphatic carbocycles. The largest absolute Gasteiger partial charge is 0.354 e. The lowest BCUT2D eigenvalue weighted by atomic mass is 10.1. The zero-order chi connectivity index (χ0) is 24.6. The molecule has 0 saturated heterocycles. The Balaban J connectivity index is 2.41. The van der Waals surface area contributed by atoms with Crippen LogP contribution in [0.4, 0.5) is 5.69 Å². The number of benzene rings is 2. The summed E-state index contributed by atoms with van der Waals surface area (Å²) in [6, 6.07) is 13.9. The number of carbonyl (C=O) groups excluding carboxylic acids is 2. The third-order valence-electron chi connectivity index (χ3n) is 5.16. The van der Waals surface area contributed by atoms with Crippen LogP contribution in [0.2, 0.25) is 0 Å². The first-order chi connectivity index (χ1) is 15.6. The molecule has 0 spiro atoms. The van der Waals surface area contributed by atoms with Gasteiger partial charge in [0.15, 0.2) is 0 Å². The number of sulfonamides is 1. The van der Waals surface area contributed by atoms with Crippen molar-refractivity contribution in [1.29, 1.82) is 0 Å². The van der Waals surface area contributed by atoms with E-state index in [1.807, 2.05) is 45.0 Å². The predicted molar refractivity (Wildman–Crippen MR) is 140 cm³/mol. The smallest absolute Gasteiger partial charge is 0.244 e. The van der Waals surface area contributed by atoms with Gasteiger partial charge < -0.3 is 10.2 Å². The van der Waals surface area contributed by atoms with Gasteiger partial charge >= 0.3 is 0 Å². The van der Waals surface area contributed by atoms with Gasteiger partial charge in [0.25, 0.3) is 0 Å². The fourth-order valence-corrected chi connectivity index (χ4v) is 4.72. The molecule has 0 fully saturated rings. The molecule has 2 aromatic rings. The summed E-state index contributed by atoms with van der Waals surface area (Å²) in [5.74, 6) is -0.667. The zero-order valence-electron chi connectivity index (χ0n) is 19.5. The van der Waals surface area contributed by atoms with Crippen molar-refractivity contribution >= 4 is 50.1 Å². The normalized spacial score (nSPS) is 12.2. The Kier molecular flexibility index (Phi) is 10.2. The number of amides is 2. The highest BCUT2D eigenvalue weighted by Gasteiger charge is 2.31. The van der Waals surface area contributed by atoms with Gasteiger partial charge in [-0.3, -0.25) is 13.9 Å². The summed E-state index contributed by atoms with van der Waals surface area (Å²) in [6.07, 6.45) is 2.27. The van der Waals surface area contributed by atoms with Gasteiger partial charge in [0.1, 0.15) is 12.6 Å². The van der Waals surface area contributed by atoms with Crippen molar-refractivity contribution in [3.63, 3.8) is 0 Å². The van der Waals surface area contributed by atoms with Crippen LogP contribution in [0.5, 0.6) is 0 Å². The summed E-state index contributed by atoms with van der Waals surface area (Å²) in [6.45, 7) is 6.11. The van der Waals surface area contributed by atoms with E-state index in [1.54, 1.807) is 24.3 Å². The van der Waals surface area contributed by atoms with E-state index in [4.69, 9.17) is 0 Å². The van der Waals surface area contributed by atoms with E-state index in [9.17, 15) is 18.0 Å². The van der Waals surface area contributed by atoms with Gasteiger partial charge in [-0.2, -0.15) is 0 Å². The van der Waals surface area contributed by atoms with Gasteiger partial charge in [0, 0.05) is 16.7 Å². The van der Waals surface area contributed by atoms with Crippen molar-refractivity contribution in [3.05, 3.63) is 63.2 Å². The van der Waals surface area contributed by atoms with Crippen LogP contribution in [-0.4, -0.2) is 50.5 Å². The summed E-state index contributed by atoms with van der Waals surface area (Å²) < 4.78 is 27.2. The van der Waals surface area contributed by atoms with Gasteiger partial charge in [-0.15, -0.1) is 0 Å². The molecule has 0 heterocycles. The molecule has 7 nitrogen and oxygen atoms in total. The number of halogens is 1. The fourth-order valence-electron chi connectivity index (χ4n) is 3.51. The van der Waals surface area contributed by atoms with Crippen molar-refractivity contribution in [2.45, 2.75) is 46.2 Å². The Morgan fingerprint density at radius 3 is 2.30 bits per heavy atom. The molecule has 0 aromatic heterocycles. The van der Waals surface area contributed by atoms with Crippen LogP contribution >= 0.6 is 22.6 Å². The van der Waals surface area contributed by atoms with E-state index in [-0.39, 0.29) is 19.0 Å². The van der Waals surface area contributed by atoms with Gasteiger partial charge in [0.2, 0.25) is 21.8 Å². The van der Waals surface area contributed by atoms with Gasteiger partial charge in [-0.25, -0.2) is 8.42 Å². The highest BCUT2D eigenvalue weighted by Crippen LogP contribution is 2.21. The lowest BCUT2D eigenvalue weighted by molar-refractivity contribution is -0.140. The molecule has 0 bridgehead atoms. The number of nitrogens with zero attached hydrogens (tertiary/aromatic N) is 2. The Labute approximate surface area is 210 Å². The molecule has 0 saturated carbocycles. The highest BCUT2D eigenvalue weighted by molar-refractivity contribution is 14.1. The Hall–Kier alpha value is -2.14. The fraction of sp³-hybridized carbons (Fsp3) is 0.417. The second-order valence-electron chi connectivity index (χ2n) is 7.97. The lowest BCUT2D eigenvalue weighted by Crippen LogP contribution is -2.52. The summed E-state index contributed by atoms with van der Waals surface area (Å²) >= 11 is 2.14. The topological polar surface area (TPSA) is 86.8 Å². The van der Waals surface area contributed by atoms with Crippen LogP contribution in [0.25, 0.3) is 0 Å². The number of hydrogen-bond acceptors (Lipinski definition) is 4. The Morgan fingerprint density at radius 1 is 1.09 bits per heavy atom. The SMILES string of the molecule is CCCNC(=O)[C@@H](CC)N(Cc1cccc(C)c1)C(=O)CN(c1ccc(I)cc1)S(C)(=O)=O. The van der Waals surface area contributed by atoms with Crippen LogP contribution in [0.1, 0.15) is 37.8 Å². The second-order valence-corrected chi connectivity index (χ2v) is 11.1. The first kappa shape index (κ1) is 27.1. The third-order valence-corrected chi connectivity index (χ3v) is 7.02. The van der Waals surface area contributed by atoms with Crippen molar-refractivity contribution < 1.29 is 18.0 Å². The Bertz CT molecular complexity index is 1060. The number of carbonyl (C=O) groups is 2. The van der Waals surface area contributed by atoms with Crippen molar-refractivity contribution in [3.8, 4) is 0 Å². The molecule has 0 radical (unpaired) electrons. The number of hydrogen-bond donors (Lipinski definition) is 1. The summed E-state index contributed by atoms with van der Waals surface area (Å²) in [5.41, 5.74) is 2.33. The summed E-state index contributed by atoms with van der Waals surface area (Å²) in [4.78, 5) is 27.9. The second kappa shape index (κ2) is 12.4. The van der Waals surface area contributed by atoms with E-state index in [0.29, 0.717) is 18.7 Å². The van der Waals surface area contributed by atoms with Crippen LogP contribution in [-0.2, 0) is 26.2 Å². The molecule has 2 aromatic carbocycles. The van der Waals surface area contributed by atoms with Crippen molar-refractivity contribution in [2.24, 2.45) is 0 Å². The minimum atomic E-state index is -3.72. The molecule has 2 amide bonds. The lowest BCUT2D eigenvalue weighted by Gasteiger charge is -2.33. The number of nitrogens with one attached hydrogen (secondary N) is 1. The molecule has 180 valence electrons. The number of anilines is 1. The molecule has 2 rings (SSSR count). The molecule has 9 heteroatoms. The van der Waals surface area contributed by atoms with Crippen LogP contribution < -0.4 is 9.62 Å². The van der Waals surface area contributed by atoms with E-state index >= 15 is 0 Å². The molecule has 0 aliphatic heterocycles. The zero-order valence-corrected chi connectivity index (χ0v) is 22.5. The predicted octanol–water partition coefficient (Wildman–Crippen LogP) is 3.70. The quantitative estimate of drug-likeness (QED) is 0.408. The Morgan fingerprint density at radius 2 is 1.76 bits per heavy atom. The molecule has 0 unspecified atom stereocenters. The van der Waals surface area contributed by atoms with Crippen LogP contribution in [0, 0.1) is 10.5 Å². The van der Waals surface area contributed by atoms with Crippen LogP contribution in [0.15, 0.2) is 48.5 Å². The van der Waals surface area contributed by atoms with Crippen molar-refractivity contribution in [2.75, 3.05) is 23.7 Å². The number of aryl methyl sites for hydroxylation is 1. The average molecular weight is 586 g/mol. The van der Waals surface area contributed by atoms with E-state index in [0.717, 1.165) is 31.7 Å².